The molecule has 0 amide bonds. The third-order valence-corrected chi connectivity index (χ3v) is 2.99. The molecule has 1 aliphatic heterocycles. The lowest BCUT2D eigenvalue weighted by molar-refractivity contribution is -0.325. The van der Waals surface area contributed by atoms with Crippen LogP contribution in [0.2, 0.25) is 0 Å². The van der Waals surface area contributed by atoms with E-state index in [9.17, 15) is 13.2 Å². The van der Waals surface area contributed by atoms with Gasteiger partial charge in [-0.25, -0.2) is 0 Å². The lowest BCUT2D eigenvalue weighted by Gasteiger charge is -2.25. The first-order valence-corrected chi connectivity index (χ1v) is 6.53. The van der Waals surface area contributed by atoms with Gasteiger partial charge in [0.25, 0.3) is 0 Å². The topological polar surface area (TPSA) is 24.5 Å². The smallest absolute Gasteiger partial charge is 0.313 e. The van der Waals surface area contributed by atoms with Crippen molar-refractivity contribution in [3.63, 3.8) is 0 Å². The first-order chi connectivity index (χ1) is 8.37. The minimum Gasteiger partial charge on any atom is -0.313 e. The van der Waals surface area contributed by atoms with Crippen LogP contribution >= 0.6 is 0 Å². The highest BCUT2D eigenvalue weighted by atomic mass is 19.4. The van der Waals surface area contributed by atoms with E-state index in [1.54, 1.807) is 0 Å². The highest BCUT2D eigenvalue weighted by Gasteiger charge is 2.29. The Morgan fingerprint density at radius 2 is 2.11 bits per heavy atom. The lowest BCUT2D eigenvalue weighted by atomic mass is 10.0. The highest BCUT2D eigenvalue weighted by molar-refractivity contribution is 4.77. The monoisotopic (exact) mass is 268 g/mol. The molecule has 0 radical (unpaired) electrons. The maximum absolute atomic E-state index is 11.9. The Labute approximate surface area is 107 Å². The molecular formula is C12H23F3N2O. The Morgan fingerprint density at radius 3 is 2.72 bits per heavy atom. The number of nitrogens with one attached hydrogen (secondary N) is 1. The van der Waals surface area contributed by atoms with Crippen molar-refractivity contribution in [2.24, 2.45) is 5.92 Å². The summed E-state index contributed by atoms with van der Waals surface area (Å²) < 4.78 is 39.5. The van der Waals surface area contributed by atoms with Crippen molar-refractivity contribution in [2.45, 2.75) is 39.1 Å². The van der Waals surface area contributed by atoms with E-state index < -0.39 is 6.36 Å². The third-order valence-electron chi connectivity index (χ3n) is 2.99. The van der Waals surface area contributed by atoms with Crippen LogP contribution in [0, 0.1) is 5.92 Å². The summed E-state index contributed by atoms with van der Waals surface area (Å²) >= 11 is 0. The Bertz CT molecular complexity index is 234. The van der Waals surface area contributed by atoms with Crippen molar-refractivity contribution in [3.05, 3.63) is 0 Å². The maximum Gasteiger partial charge on any atom is 0.522 e. The molecule has 1 unspecified atom stereocenters. The fraction of sp³-hybridized carbons (Fsp3) is 1.00. The van der Waals surface area contributed by atoms with Crippen LogP contribution in [0.4, 0.5) is 13.2 Å². The van der Waals surface area contributed by atoms with Crippen molar-refractivity contribution in [3.8, 4) is 0 Å². The molecule has 1 saturated heterocycles. The molecule has 0 saturated carbocycles. The lowest BCUT2D eigenvalue weighted by Crippen LogP contribution is -2.40. The van der Waals surface area contributed by atoms with Crippen LogP contribution in [-0.4, -0.2) is 50.1 Å². The second kappa shape index (κ2) is 7.31. The van der Waals surface area contributed by atoms with Gasteiger partial charge in [0.05, 0.1) is 6.61 Å². The Balaban J connectivity index is 2.30. The van der Waals surface area contributed by atoms with Crippen LogP contribution in [0.15, 0.2) is 0 Å². The van der Waals surface area contributed by atoms with Crippen LogP contribution in [-0.2, 0) is 4.74 Å². The molecule has 0 aromatic carbocycles. The fourth-order valence-electron chi connectivity index (χ4n) is 2.30. The molecule has 1 fully saturated rings. The number of hydrogen-bond acceptors (Lipinski definition) is 3. The fourth-order valence-corrected chi connectivity index (χ4v) is 2.30. The van der Waals surface area contributed by atoms with E-state index in [2.05, 4.69) is 28.8 Å². The van der Waals surface area contributed by atoms with Gasteiger partial charge in [-0.1, -0.05) is 13.8 Å². The molecule has 0 spiro atoms. The summed E-state index contributed by atoms with van der Waals surface area (Å²) in [7, 11) is 0. The number of rotatable bonds is 5. The van der Waals surface area contributed by atoms with Gasteiger partial charge < -0.3 is 5.32 Å². The molecule has 1 N–H and O–H groups in total. The standard InChI is InChI=1S/C12H23F3N2O/c1-10(2)8-11-9-17(5-3-4-16-11)6-7-18-12(13,14)15/h10-11,16H,3-9H2,1-2H3. The predicted octanol–water partition coefficient (Wildman–Crippen LogP) is 2.23. The first-order valence-electron chi connectivity index (χ1n) is 6.53. The summed E-state index contributed by atoms with van der Waals surface area (Å²) in [4.78, 5) is 2.05. The van der Waals surface area contributed by atoms with Crippen molar-refractivity contribution >= 4 is 0 Å². The zero-order chi connectivity index (χ0) is 13.6. The van der Waals surface area contributed by atoms with Crippen molar-refractivity contribution in [1.29, 1.82) is 0 Å². The van der Waals surface area contributed by atoms with Crippen molar-refractivity contribution in [2.75, 3.05) is 32.8 Å². The largest absolute Gasteiger partial charge is 0.522 e. The number of halogens is 3. The van der Waals surface area contributed by atoms with Gasteiger partial charge in [-0.3, -0.25) is 9.64 Å². The van der Waals surface area contributed by atoms with E-state index in [4.69, 9.17) is 0 Å². The number of nitrogens with zero attached hydrogens (tertiary/aromatic N) is 1. The molecule has 0 aromatic heterocycles. The summed E-state index contributed by atoms with van der Waals surface area (Å²) in [6.07, 6.45) is -2.49. The van der Waals surface area contributed by atoms with Gasteiger partial charge in [0.1, 0.15) is 0 Å². The quantitative estimate of drug-likeness (QED) is 0.827. The average molecular weight is 268 g/mol. The van der Waals surface area contributed by atoms with Crippen LogP contribution in [0.25, 0.3) is 0 Å². The summed E-state index contributed by atoms with van der Waals surface area (Å²) in [5.41, 5.74) is 0. The minimum absolute atomic E-state index is 0.280. The summed E-state index contributed by atoms with van der Waals surface area (Å²) in [5.74, 6) is 0.592. The second-order valence-electron chi connectivity index (χ2n) is 5.23. The SMILES string of the molecule is CC(C)CC1CN(CCOC(F)(F)F)CCCN1. The molecule has 1 aliphatic rings. The number of ether oxygens (including phenoxy) is 1. The van der Waals surface area contributed by atoms with Crippen LogP contribution in [0.3, 0.4) is 0 Å². The molecule has 6 heteroatoms. The van der Waals surface area contributed by atoms with E-state index in [-0.39, 0.29) is 6.61 Å². The van der Waals surface area contributed by atoms with Gasteiger partial charge in [-0.2, -0.15) is 0 Å². The zero-order valence-corrected chi connectivity index (χ0v) is 11.1. The van der Waals surface area contributed by atoms with Gasteiger partial charge in [0.15, 0.2) is 0 Å². The molecule has 1 rings (SSSR count). The Hall–Kier alpha value is -0.330. The van der Waals surface area contributed by atoms with Gasteiger partial charge in [0.2, 0.25) is 0 Å². The zero-order valence-electron chi connectivity index (χ0n) is 11.1. The third kappa shape index (κ3) is 7.18. The van der Waals surface area contributed by atoms with Gasteiger partial charge in [0, 0.05) is 19.1 Å². The molecule has 1 atom stereocenters. The van der Waals surface area contributed by atoms with Gasteiger partial charge in [-0.15, -0.1) is 13.2 Å². The predicted molar refractivity (Wildman–Crippen MR) is 64.3 cm³/mol. The summed E-state index contributed by atoms with van der Waals surface area (Å²) in [5, 5.41) is 3.44. The van der Waals surface area contributed by atoms with E-state index in [0.717, 1.165) is 32.5 Å². The minimum atomic E-state index is -4.51. The molecule has 0 bridgehead atoms. The molecule has 1 heterocycles. The second-order valence-corrected chi connectivity index (χ2v) is 5.23. The van der Waals surface area contributed by atoms with Gasteiger partial charge in [-0.05, 0) is 31.8 Å². The Morgan fingerprint density at radius 1 is 1.39 bits per heavy atom. The molecular weight excluding hydrogens is 245 g/mol. The van der Waals surface area contributed by atoms with E-state index in [1.165, 1.54) is 0 Å². The number of alkyl halides is 3. The van der Waals surface area contributed by atoms with Crippen LogP contribution in [0.1, 0.15) is 26.7 Å². The normalized spacial score (nSPS) is 23.3. The van der Waals surface area contributed by atoms with Crippen LogP contribution < -0.4 is 5.32 Å². The van der Waals surface area contributed by atoms with Crippen molar-refractivity contribution < 1.29 is 17.9 Å². The van der Waals surface area contributed by atoms with Gasteiger partial charge >= 0.3 is 6.36 Å². The molecule has 108 valence electrons. The van der Waals surface area contributed by atoms with Crippen molar-refractivity contribution in [1.82, 2.24) is 10.2 Å². The average Bonchev–Trinajstić information content (AvgIpc) is 2.40. The van der Waals surface area contributed by atoms with E-state index in [0.29, 0.717) is 18.5 Å². The van der Waals surface area contributed by atoms with E-state index >= 15 is 0 Å². The summed E-state index contributed by atoms with van der Waals surface area (Å²) in [6, 6.07) is 0.374. The first kappa shape index (κ1) is 15.7. The van der Waals surface area contributed by atoms with Crippen LogP contribution in [0.5, 0.6) is 0 Å². The number of hydrogen-bond donors (Lipinski definition) is 1. The summed E-state index contributed by atoms with van der Waals surface area (Å²) in [6.45, 7) is 6.96. The molecule has 18 heavy (non-hydrogen) atoms. The Kier molecular flexibility index (Phi) is 6.38. The molecule has 0 aromatic rings. The van der Waals surface area contributed by atoms with E-state index in [1.807, 2.05) is 0 Å². The maximum atomic E-state index is 11.9. The highest BCUT2D eigenvalue weighted by Crippen LogP contribution is 2.16. The molecule has 0 aliphatic carbocycles. The molecule has 3 nitrogen and oxygen atoms in total.